The maximum atomic E-state index is 2.41. The van der Waals surface area contributed by atoms with E-state index in [9.17, 15) is 0 Å². The smallest absolute Gasteiger partial charge is 0.0541 e. The summed E-state index contributed by atoms with van der Waals surface area (Å²) in [6.45, 7) is 13.1. The van der Waals surface area contributed by atoms with Crippen molar-refractivity contribution < 1.29 is 0 Å². The second-order valence-corrected chi connectivity index (χ2v) is 18.0. The van der Waals surface area contributed by atoms with Crippen LogP contribution in [0.2, 0.25) is 0 Å². The number of anilines is 3. The molecule has 9 aromatic carbocycles. The molecule has 3 aromatic heterocycles. The van der Waals surface area contributed by atoms with E-state index in [1.54, 1.807) is 0 Å². The molecule has 308 valence electrons. The molecular weight excluding hydrogens is 777 g/mol. The first-order chi connectivity index (χ1) is 31.2. The van der Waals surface area contributed by atoms with Crippen LogP contribution in [-0.2, 0) is 0 Å². The van der Waals surface area contributed by atoms with Gasteiger partial charge >= 0.3 is 0 Å². The average molecular weight is 825 g/mol. The zero-order chi connectivity index (χ0) is 43.4. The highest BCUT2D eigenvalue weighted by molar-refractivity contribution is 6.12. The minimum Gasteiger partial charge on any atom is -0.310 e. The predicted octanol–water partition coefficient (Wildman–Crippen LogP) is 16.3. The normalized spacial score (nSPS) is 11.9. The van der Waals surface area contributed by atoms with Gasteiger partial charge in [0.25, 0.3) is 0 Å². The first-order valence-corrected chi connectivity index (χ1v) is 22.3. The van der Waals surface area contributed by atoms with Crippen LogP contribution in [0.1, 0.15) is 33.4 Å². The number of benzene rings is 9. The van der Waals surface area contributed by atoms with Gasteiger partial charge in [-0.3, -0.25) is 0 Å². The molecule has 4 heteroatoms. The summed E-state index contributed by atoms with van der Waals surface area (Å²) in [5.41, 5.74) is 21.6. The maximum absolute atomic E-state index is 2.41. The van der Waals surface area contributed by atoms with Crippen LogP contribution in [0.4, 0.5) is 17.1 Å². The summed E-state index contributed by atoms with van der Waals surface area (Å²) in [7, 11) is 0. The van der Waals surface area contributed by atoms with Gasteiger partial charge in [-0.15, -0.1) is 0 Å². The first-order valence-electron chi connectivity index (χ1n) is 22.3. The Hall–Kier alpha value is -7.82. The summed E-state index contributed by atoms with van der Waals surface area (Å²) >= 11 is 0. The molecule has 0 fully saturated rings. The molecule has 0 radical (unpaired) electrons. The molecule has 12 aromatic rings. The van der Waals surface area contributed by atoms with Gasteiger partial charge in [-0.1, -0.05) is 69.8 Å². The van der Waals surface area contributed by atoms with Crippen molar-refractivity contribution in [2.75, 3.05) is 4.90 Å². The van der Waals surface area contributed by atoms with Crippen LogP contribution in [-0.4, -0.2) is 13.7 Å². The molecule has 0 aliphatic heterocycles. The van der Waals surface area contributed by atoms with Crippen molar-refractivity contribution in [3.63, 3.8) is 0 Å². The third kappa shape index (κ3) is 5.97. The van der Waals surface area contributed by atoms with Gasteiger partial charge in [-0.2, -0.15) is 0 Å². The van der Waals surface area contributed by atoms with Crippen molar-refractivity contribution in [2.24, 2.45) is 0 Å². The molecule has 0 unspecified atom stereocenters. The molecule has 0 aliphatic carbocycles. The lowest BCUT2D eigenvalue weighted by atomic mass is 10.1. The average Bonchev–Trinajstić information content (AvgIpc) is 3.91. The Kier molecular flexibility index (Phi) is 8.51. The molecule has 4 nitrogen and oxygen atoms in total. The lowest BCUT2D eigenvalue weighted by Gasteiger charge is -2.26. The van der Waals surface area contributed by atoms with Gasteiger partial charge in [-0.25, -0.2) is 0 Å². The van der Waals surface area contributed by atoms with E-state index in [2.05, 4.69) is 242 Å². The van der Waals surface area contributed by atoms with E-state index >= 15 is 0 Å². The van der Waals surface area contributed by atoms with Crippen LogP contribution >= 0.6 is 0 Å². The van der Waals surface area contributed by atoms with E-state index in [0.717, 1.165) is 34.1 Å². The molecule has 0 saturated heterocycles. The lowest BCUT2D eigenvalue weighted by molar-refractivity contribution is 1.16. The van der Waals surface area contributed by atoms with Crippen LogP contribution in [0.5, 0.6) is 0 Å². The zero-order valence-corrected chi connectivity index (χ0v) is 37.1. The van der Waals surface area contributed by atoms with Crippen molar-refractivity contribution in [2.45, 2.75) is 41.5 Å². The zero-order valence-electron chi connectivity index (χ0n) is 37.1. The molecule has 0 atom stereocenters. The summed E-state index contributed by atoms with van der Waals surface area (Å²) in [4.78, 5) is 2.38. The van der Waals surface area contributed by atoms with Crippen LogP contribution in [0.3, 0.4) is 0 Å². The minimum absolute atomic E-state index is 1.09. The number of aromatic nitrogens is 3. The molecule has 0 spiro atoms. The fourth-order valence-corrected chi connectivity index (χ4v) is 10.3. The largest absolute Gasteiger partial charge is 0.310 e. The van der Waals surface area contributed by atoms with Gasteiger partial charge in [0.05, 0.1) is 33.1 Å². The SMILES string of the molecule is Cc1ccc2c(c1)c1cc(C)ccc1n2-c1ccc(N(c2ccc(-n3c4ccc(C)cc4c4cc(C)ccc43)cc2)c2ccc(-n3c4ccc(C)cc4c4cc(C)ccc43)cc2)cc1. The molecule has 0 amide bonds. The second kappa shape index (κ2) is 14.4. The minimum atomic E-state index is 1.09. The Morgan fingerprint density at radius 1 is 0.234 bits per heavy atom. The first kappa shape index (κ1) is 37.9. The standard InChI is InChI=1S/C60H48N4/c1-37-7-25-55-49(31-37)50-32-38(2)8-26-56(50)62(55)46-19-13-43(14-20-46)61(44-15-21-47(22-16-44)63-57-27-9-39(3)33-51(57)52-34-40(4)10-28-58(52)63)45-17-23-48(24-18-45)64-59-29-11-41(5)35-53(59)54-36-42(6)12-30-60(54)64/h7-36H,1-6H3. The summed E-state index contributed by atoms with van der Waals surface area (Å²) in [6.07, 6.45) is 0. The summed E-state index contributed by atoms with van der Waals surface area (Å²) in [5.74, 6) is 0. The lowest BCUT2D eigenvalue weighted by Crippen LogP contribution is -2.10. The van der Waals surface area contributed by atoms with E-state index in [4.69, 9.17) is 0 Å². The quantitative estimate of drug-likeness (QED) is 0.163. The van der Waals surface area contributed by atoms with Crippen molar-refractivity contribution in [3.05, 3.63) is 215 Å². The summed E-state index contributed by atoms with van der Waals surface area (Å²) < 4.78 is 7.22. The van der Waals surface area contributed by atoms with E-state index in [1.165, 1.54) is 98.8 Å². The Labute approximate surface area is 373 Å². The monoisotopic (exact) mass is 824 g/mol. The Morgan fingerprint density at radius 2 is 0.422 bits per heavy atom. The Balaban J connectivity index is 1.00. The van der Waals surface area contributed by atoms with Gasteiger partial charge in [-0.05, 0) is 187 Å². The fraction of sp³-hybridized carbons (Fsp3) is 0.100. The van der Waals surface area contributed by atoms with Crippen molar-refractivity contribution in [1.29, 1.82) is 0 Å². The van der Waals surface area contributed by atoms with Crippen LogP contribution in [0.25, 0.3) is 82.5 Å². The third-order valence-electron chi connectivity index (χ3n) is 13.3. The maximum Gasteiger partial charge on any atom is 0.0541 e. The topological polar surface area (TPSA) is 18.0 Å². The van der Waals surface area contributed by atoms with Crippen LogP contribution in [0, 0.1) is 41.5 Å². The molecule has 12 rings (SSSR count). The molecule has 0 bridgehead atoms. The highest BCUT2D eigenvalue weighted by Gasteiger charge is 2.19. The van der Waals surface area contributed by atoms with Crippen molar-refractivity contribution >= 4 is 82.5 Å². The molecule has 0 saturated carbocycles. The van der Waals surface area contributed by atoms with Gasteiger partial charge in [0.15, 0.2) is 0 Å². The van der Waals surface area contributed by atoms with Crippen molar-refractivity contribution in [1.82, 2.24) is 13.7 Å². The Morgan fingerprint density at radius 3 is 0.609 bits per heavy atom. The number of hydrogen-bond donors (Lipinski definition) is 0. The molecule has 3 heterocycles. The van der Waals surface area contributed by atoms with Gasteiger partial charge in [0.2, 0.25) is 0 Å². The van der Waals surface area contributed by atoms with Crippen LogP contribution < -0.4 is 4.90 Å². The predicted molar refractivity (Wildman–Crippen MR) is 273 cm³/mol. The van der Waals surface area contributed by atoms with Gasteiger partial charge in [0.1, 0.15) is 0 Å². The summed E-state index contributed by atoms with van der Waals surface area (Å²) in [6, 6.07) is 68.1. The summed E-state index contributed by atoms with van der Waals surface area (Å²) in [5, 5.41) is 7.70. The van der Waals surface area contributed by atoms with Gasteiger partial charge < -0.3 is 18.6 Å². The Bertz CT molecular complexity index is 3240. The molecular formula is C60H48N4. The van der Waals surface area contributed by atoms with E-state index < -0.39 is 0 Å². The third-order valence-corrected chi connectivity index (χ3v) is 13.3. The highest BCUT2D eigenvalue weighted by atomic mass is 15.1. The molecule has 0 aliphatic rings. The van der Waals surface area contributed by atoms with Crippen LogP contribution in [0.15, 0.2) is 182 Å². The highest BCUT2D eigenvalue weighted by Crippen LogP contribution is 2.41. The fourth-order valence-electron chi connectivity index (χ4n) is 10.3. The number of fused-ring (bicyclic) bond motifs is 9. The molecule has 64 heavy (non-hydrogen) atoms. The van der Waals surface area contributed by atoms with Gasteiger partial charge in [0, 0.05) is 66.4 Å². The van der Waals surface area contributed by atoms with Crippen molar-refractivity contribution in [3.8, 4) is 17.1 Å². The second-order valence-electron chi connectivity index (χ2n) is 18.0. The van der Waals surface area contributed by atoms with E-state index in [0.29, 0.717) is 0 Å². The number of rotatable bonds is 6. The van der Waals surface area contributed by atoms with E-state index in [-0.39, 0.29) is 0 Å². The number of nitrogens with zero attached hydrogens (tertiary/aromatic N) is 4. The number of hydrogen-bond acceptors (Lipinski definition) is 1. The molecule has 0 N–H and O–H groups in total. The number of aryl methyl sites for hydroxylation is 6. The van der Waals surface area contributed by atoms with E-state index in [1.807, 2.05) is 0 Å².